The van der Waals surface area contributed by atoms with Crippen LogP contribution in [0.25, 0.3) is 0 Å². The normalized spacial score (nSPS) is 27.3. The highest BCUT2D eigenvalue weighted by molar-refractivity contribution is 7.89. The summed E-state index contributed by atoms with van der Waals surface area (Å²) in [5, 5.41) is 0. The average molecular weight is 669 g/mol. The van der Waals surface area contributed by atoms with E-state index in [1.807, 2.05) is 0 Å². The second-order valence-electron chi connectivity index (χ2n) is 11.8. The molecule has 2 heterocycles. The summed E-state index contributed by atoms with van der Waals surface area (Å²) in [6.07, 6.45) is 3.47. The predicted molar refractivity (Wildman–Crippen MR) is 168 cm³/mol. The van der Waals surface area contributed by atoms with Crippen molar-refractivity contribution in [3.63, 3.8) is 0 Å². The Balaban J connectivity index is 1.33. The molecule has 1 saturated carbocycles. The van der Waals surface area contributed by atoms with Crippen molar-refractivity contribution in [2.45, 2.75) is 37.5 Å². The summed E-state index contributed by atoms with van der Waals surface area (Å²) >= 11 is 0. The van der Waals surface area contributed by atoms with Crippen LogP contribution in [0, 0.1) is 35.5 Å². The van der Waals surface area contributed by atoms with E-state index in [0.717, 1.165) is 9.80 Å². The van der Waals surface area contributed by atoms with Gasteiger partial charge in [0, 0.05) is 38.0 Å². The Bertz CT molecular complexity index is 1700. The van der Waals surface area contributed by atoms with Gasteiger partial charge in [-0.3, -0.25) is 19.2 Å². The highest BCUT2D eigenvalue weighted by Gasteiger charge is 2.69. The molecule has 0 aromatic heterocycles. The van der Waals surface area contributed by atoms with Crippen LogP contribution >= 0.6 is 0 Å². The van der Waals surface area contributed by atoms with E-state index < -0.39 is 79.2 Å². The van der Waals surface area contributed by atoms with Gasteiger partial charge in [-0.2, -0.15) is 8.61 Å². The number of hydrogen-bond donors (Lipinski definition) is 0. The molecule has 2 aromatic carbocycles. The third kappa shape index (κ3) is 4.52. The van der Waals surface area contributed by atoms with E-state index in [1.165, 1.54) is 57.1 Å². The highest BCUT2D eigenvalue weighted by atomic mass is 32.2. The van der Waals surface area contributed by atoms with Crippen LogP contribution in [0.4, 0.5) is 11.4 Å². The molecule has 3 aliphatic carbocycles. The van der Waals surface area contributed by atoms with Crippen molar-refractivity contribution < 1.29 is 36.0 Å². The summed E-state index contributed by atoms with van der Waals surface area (Å²) in [7, 11) is -7.73. The number of benzene rings is 2. The van der Waals surface area contributed by atoms with Crippen LogP contribution in [0.1, 0.15) is 27.7 Å². The van der Waals surface area contributed by atoms with Gasteiger partial charge >= 0.3 is 0 Å². The summed E-state index contributed by atoms with van der Waals surface area (Å²) in [6.45, 7) is 7.89. The third-order valence-electron chi connectivity index (χ3n) is 9.85. The molecule has 14 heteroatoms. The lowest BCUT2D eigenvalue weighted by Crippen LogP contribution is -2.50. The summed E-state index contributed by atoms with van der Waals surface area (Å²) in [5.74, 6) is -7.28. The number of carbonyl (C=O) groups is 4. The Hall–Kier alpha value is -3.72. The summed E-state index contributed by atoms with van der Waals surface area (Å²) in [5.41, 5.74) is 0.236. The number of hydrogen-bond acceptors (Lipinski definition) is 8. The monoisotopic (exact) mass is 668 g/mol. The van der Waals surface area contributed by atoms with Crippen LogP contribution in [-0.4, -0.2) is 75.3 Å². The summed E-state index contributed by atoms with van der Waals surface area (Å²) < 4.78 is 55.3. The molecule has 2 aliphatic heterocycles. The molecule has 2 bridgehead atoms. The molecule has 2 unspecified atom stereocenters. The lowest BCUT2D eigenvalue weighted by molar-refractivity contribution is -0.137. The molecule has 2 saturated heterocycles. The Kier molecular flexibility index (Phi) is 8.06. The quantitative estimate of drug-likeness (QED) is 0.277. The van der Waals surface area contributed by atoms with Gasteiger partial charge in [0.2, 0.25) is 43.7 Å². The minimum atomic E-state index is -3.87. The van der Waals surface area contributed by atoms with Crippen molar-refractivity contribution in [3.05, 3.63) is 60.7 Å². The average Bonchev–Trinajstić information content (AvgIpc) is 3.48. The Morgan fingerprint density at radius 3 is 1.13 bits per heavy atom. The van der Waals surface area contributed by atoms with Crippen molar-refractivity contribution in [3.8, 4) is 0 Å². The molecular weight excluding hydrogens is 633 g/mol. The van der Waals surface area contributed by atoms with Gasteiger partial charge in [0.05, 0.1) is 44.8 Å². The lowest BCUT2D eigenvalue weighted by Gasteiger charge is -2.44. The number of amides is 4. The van der Waals surface area contributed by atoms with E-state index in [4.69, 9.17) is 0 Å². The zero-order valence-corrected chi connectivity index (χ0v) is 27.6. The van der Waals surface area contributed by atoms with E-state index >= 15 is 0 Å². The molecule has 46 heavy (non-hydrogen) atoms. The van der Waals surface area contributed by atoms with Crippen LogP contribution < -0.4 is 9.80 Å². The first kappa shape index (κ1) is 32.2. The van der Waals surface area contributed by atoms with Gasteiger partial charge in [-0.05, 0) is 36.4 Å². The standard InChI is InChI=1S/C32H36N4O8S2/c1-5-33(6-2)45(41,42)21-13-9-11-19(17-21)35-29(37)25-23-15-16-24(26(25)30(35)38)28-27(23)31(39)36(32(28)40)20-12-10-14-22(18-20)46(43,44)34(7-3)8-4/h9-18,23-28H,5-8H2,1-4H3/t23?,24?,25-,26+,27+,28-. The van der Waals surface area contributed by atoms with E-state index in [-0.39, 0.29) is 47.3 Å². The molecule has 0 radical (unpaired) electrons. The van der Waals surface area contributed by atoms with Crippen LogP contribution in [0.2, 0.25) is 0 Å². The molecule has 4 amide bonds. The summed E-state index contributed by atoms with van der Waals surface area (Å²) in [4.78, 5) is 57.8. The maximum Gasteiger partial charge on any atom is 0.243 e. The molecule has 5 aliphatic rings. The second kappa shape index (κ2) is 11.5. The molecule has 2 aromatic rings. The lowest BCUT2D eigenvalue weighted by atomic mass is 9.54. The van der Waals surface area contributed by atoms with Gasteiger partial charge in [0.25, 0.3) is 0 Å². The number of imide groups is 2. The molecule has 0 spiro atoms. The third-order valence-corrected chi connectivity index (χ3v) is 13.9. The first-order valence-corrected chi connectivity index (χ1v) is 18.4. The van der Waals surface area contributed by atoms with Gasteiger partial charge in [-0.25, -0.2) is 26.6 Å². The van der Waals surface area contributed by atoms with Crippen molar-refractivity contribution in [2.24, 2.45) is 35.5 Å². The number of nitrogens with zero attached hydrogens (tertiary/aromatic N) is 4. The Morgan fingerprint density at radius 1 is 0.543 bits per heavy atom. The van der Waals surface area contributed by atoms with Crippen molar-refractivity contribution in [1.82, 2.24) is 8.61 Å². The van der Waals surface area contributed by atoms with Gasteiger partial charge in [-0.15, -0.1) is 0 Å². The molecule has 3 fully saturated rings. The number of sulfonamides is 2. The van der Waals surface area contributed by atoms with Gasteiger partial charge in [0.15, 0.2) is 0 Å². The predicted octanol–water partition coefficient (Wildman–Crippen LogP) is 2.47. The largest absolute Gasteiger partial charge is 0.274 e. The van der Waals surface area contributed by atoms with Crippen LogP contribution in [0.3, 0.4) is 0 Å². The van der Waals surface area contributed by atoms with Crippen molar-refractivity contribution in [1.29, 1.82) is 0 Å². The van der Waals surface area contributed by atoms with Crippen LogP contribution in [0.5, 0.6) is 0 Å². The zero-order valence-electron chi connectivity index (χ0n) is 25.9. The van der Waals surface area contributed by atoms with Crippen LogP contribution in [-0.2, 0) is 39.2 Å². The van der Waals surface area contributed by atoms with Gasteiger partial charge in [-0.1, -0.05) is 52.0 Å². The molecular formula is C32H36N4O8S2. The molecule has 0 N–H and O–H groups in total. The van der Waals surface area contributed by atoms with E-state index in [2.05, 4.69) is 0 Å². The molecule has 7 rings (SSSR count). The van der Waals surface area contributed by atoms with Gasteiger partial charge in [0.1, 0.15) is 0 Å². The zero-order chi connectivity index (χ0) is 33.3. The SMILES string of the molecule is CCN(CC)S(=O)(=O)c1cccc(N2C(=O)[C@@H]3C4C=CC([C@H]5C(=O)N(c6cccc(S(=O)(=O)N(CC)CC)c6)C(=O)[C@@H]45)[C@@H]3C2=O)c1. The maximum absolute atomic E-state index is 14.0. The number of anilines is 2. The van der Waals surface area contributed by atoms with Crippen LogP contribution in [0.15, 0.2) is 70.5 Å². The second-order valence-corrected chi connectivity index (χ2v) is 15.7. The van der Waals surface area contributed by atoms with E-state index in [9.17, 15) is 36.0 Å². The van der Waals surface area contributed by atoms with E-state index in [0.29, 0.717) is 0 Å². The fourth-order valence-corrected chi connectivity index (χ4v) is 10.7. The molecule has 6 atom stereocenters. The first-order valence-electron chi connectivity index (χ1n) is 15.5. The Labute approximate surface area is 268 Å². The minimum Gasteiger partial charge on any atom is -0.274 e. The number of allylic oxidation sites excluding steroid dienone is 2. The first-order chi connectivity index (χ1) is 21.8. The van der Waals surface area contributed by atoms with Crippen molar-refractivity contribution >= 4 is 55.1 Å². The maximum atomic E-state index is 14.0. The van der Waals surface area contributed by atoms with Gasteiger partial charge < -0.3 is 0 Å². The topological polar surface area (TPSA) is 150 Å². The van der Waals surface area contributed by atoms with Crippen molar-refractivity contribution in [2.75, 3.05) is 36.0 Å². The minimum absolute atomic E-state index is 0.0478. The fraction of sp³-hybridized carbons (Fsp3) is 0.438. The number of rotatable bonds is 10. The molecule has 244 valence electrons. The smallest absolute Gasteiger partial charge is 0.243 e. The van der Waals surface area contributed by atoms with E-state index in [1.54, 1.807) is 39.8 Å². The highest BCUT2D eigenvalue weighted by Crippen LogP contribution is 2.58. The summed E-state index contributed by atoms with van der Waals surface area (Å²) in [6, 6.07) is 11.4. The Morgan fingerprint density at radius 2 is 0.848 bits per heavy atom. The number of carbonyl (C=O) groups excluding carboxylic acids is 4. The fourth-order valence-electron chi connectivity index (χ4n) is 7.73. The molecule has 12 nitrogen and oxygen atoms in total.